The maximum Gasteiger partial charge on any atom is 0.342 e. The van der Waals surface area contributed by atoms with Crippen LogP contribution in [-0.4, -0.2) is 51.3 Å². The molecule has 1 aliphatic heterocycles. The molecule has 4 aromatic carbocycles. The van der Waals surface area contributed by atoms with Crippen molar-refractivity contribution in [1.29, 1.82) is 0 Å². The molecule has 1 heterocycles. The number of phenols is 1. The second-order valence-electron chi connectivity index (χ2n) is 9.14. The molecule has 10 heteroatoms. The first kappa shape index (κ1) is 28.4. The first-order valence-corrected chi connectivity index (χ1v) is 13.3. The molecule has 0 fully saturated rings. The number of aromatic hydroxyl groups is 1. The fourth-order valence-electron chi connectivity index (χ4n) is 4.86. The summed E-state index contributed by atoms with van der Waals surface area (Å²) in [5.41, 5.74) is 0.987. The lowest BCUT2D eigenvalue weighted by Gasteiger charge is -2.22. The van der Waals surface area contributed by atoms with Gasteiger partial charge in [-0.05, 0) is 43.0 Å². The predicted octanol–water partition coefficient (Wildman–Crippen LogP) is 5.89. The number of carbonyl (C=O) groups is 2. The third-order valence-electron chi connectivity index (χ3n) is 6.73. The molecular weight excluding hydrogens is 544 g/mol. The summed E-state index contributed by atoms with van der Waals surface area (Å²) in [6, 6.07) is 16.0. The Bertz CT molecular complexity index is 1650. The molecule has 0 atom stereocenters. The number of ether oxygens (including phenoxy) is 7. The normalized spacial score (nSPS) is 11.7. The standard InChI is InChI=1S/C32H30O10/c1-5-38-31(34)28-27(19-12-23(36-3)24(37-4)13-20(19)30(33)29(28)32(35)39-6-2)21-14-25-26(42-17-41-25)15-22(21)40-16-18-10-8-7-9-11-18/h7-15,33H,5-6,16-17H2,1-4H3. The molecule has 218 valence electrons. The maximum absolute atomic E-state index is 13.7. The zero-order valence-corrected chi connectivity index (χ0v) is 23.6. The molecule has 42 heavy (non-hydrogen) atoms. The van der Waals surface area contributed by atoms with Crippen molar-refractivity contribution in [3.63, 3.8) is 0 Å². The van der Waals surface area contributed by atoms with E-state index in [4.69, 9.17) is 33.2 Å². The minimum absolute atomic E-state index is 0.00291. The smallest absolute Gasteiger partial charge is 0.342 e. The fourth-order valence-corrected chi connectivity index (χ4v) is 4.86. The van der Waals surface area contributed by atoms with E-state index in [1.807, 2.05) is 30.3 Å². The SMILES string of the molecule is CCOC(=O)c1c(C(=O)OCC)c(-c2cc3c(cc2OCc2ccccc2)OCO3)c2cc(OC)c(OC)cc2c1O. The number of benzene rings is 4. The third kappa shape index (κ3) is 5.18. The molecule has 5 rings (SSSR count). The van der Waals surface area contributed by atoms with E-state index in [9.17, 15) is 14.7 Å². The molecular formula is C32H30O10. The number of esters is 2. The first-order chi connectivity index (χ1) is 20.4. The number of carbonyl (C=O) groups excluding carboxylic acids is 2. The van der Waals surface area contributed by atoms with Crippen molar-refractivity contribution in [3.8, 4) is 45.6 Å². The highest BCUT2D eigenvalue weighted by molar-refractivity contribution is 6.19. The topological polar surface area (TPSA) is 119 Å². The minimum Gasteiger partial charge on any atom is -0.506 e. The second kappa shape index (κ2) is 12.2. The van der Waals surface area contributed by atoms with Gasteiger partial charge in [-0.1, -0.05) is 30.3 Å². The molecule has 0 saturated carbocycles. The summed E-state index contributed by atoms with van der Waals surface area (Å²) in [5, 5.41) is 12.1. The average molecular weight is 575 g/mol. The number of methoxy groups -OCH3 is 2. The molecule has 0 bridgehead atoms. The molecule has 0 aromatic heterocycles. The fraction of sp³-hybridized carbons (Fsp3) is 0.250. The Morgan fingerprint density at radius 3 is 2.00 bits per heavy atom. The van der Waals surface area contributed by atoms with Crippen LogP contribution in [0.25, 0.3) is 21.9 Å². The molecule has 0 spiro atoms. The molecule has 1 N–H and O–H groups in total. The lowest BCUT2D eigenvalue weighted by atomic mass is 9.87. The van der Waals surface area contributed by atoms with Gasteiger partial charge in [0.15, 0.2) is 23.0 Å². The molecule has 0 saturated heterocycles. The molecule has 0 radical (unpaired) electrons. The van der Waals surface area contributed by atoms with Crippen molar-refractivity contribution >= 4 is 22.7 Å². The molecule has 10 nitrogen and oxygen atoms in total. The lowest BCUT2D eigenvalue weighted by molar-refractivity contribution is 0.0477. The summed E-state index contributed by atoms with van der Waals surface area (Å²) in [6.45, 7) is 3.49. The Balaban J connectivity index is 1.89. The summed E-state index contributed by atoms with van der Waals surface area (Å²) in [6.07, 6.45) is 0. The van der Waals surface area contributed by atoms with E-state index in [1.54, 1.807) is 32.0 Å². The monoisotopic (exact) mass is 574 g/mol. The van der Waals surface area contributed by atoms with Gasteiger partial charge in [0.05, 0.1) is 33.0 Å². The predicted molar refractivity (Wildman–Crippen MR) is 153 cm³/mol. The second-order valence-corrected chi connectivity index (χ2v) is 9.14. The van der Waals surface area contributed by atoms with Crippen LogP contribution in [0.1, 0.15) is 40.1 Å². The van der Waals surface area contributed by atoms with Gasteiger partial charge in [0.2, 0.25) is 6.79 Å². The lowest BCUT2D eigenvalue weighted by Crippen LogP contribution is -2.17. The molecule has 4 aromatic rings. The summed E-state index contributed by atoms with van der Waals surface area (Å²) in [4.78, 5) is 27.0. The van der Waals surface area contributed by atoms with Crippen LogP contribution in [0.4, 0.5) is 0 Å². The van der Waals surface area contributed by atoms with E-state index in [0.717, 1.165) is 5.56 Å². The number of hydrogen-bond donors (Lipinski definition) is 1. The maximum atomic E-state index is 13.7. The van der Waals surface area contributed by atoms with Gasteiger partial charge >= 0.3 is 11.9 Å². The Labute approximate surface area is 242 Å². The van der Waals surface area contributed by atoms with Crippen molar-refractivity contribution in [2.24, 2.45) is 0 Å². The van der Waals surface area contributed by atoms with E-state index in [1.165, 1.54) is 20.3 Å². The van der Waals surface area contributed by atoms with Gasteiger partial charge in [-0.25, -0.2) is 9.59 Å². The number of rotatable bonds is 10. The first-order valence-electron chi connectivity index (χ1n) is 13.3. The van der Waals surface area contributed by atoms with Crippen molar-refractivity contribution in [2.75, 3.05) is 34.2 Å². The van der Waals surface area contributed by atoms with Crippen LogP contribution in [0.3, 0.4) is 0 Å². The van der Waals surface area contributed by atoms with E-state index < -0.39 is 17.7 Å². The summed E-state index contributed by atoms with van der Waals surface area (Å²) >= 11 is 0. The number of fused-ring (bicyclic) bond motifs is 2. The largest absolute Gasteiger partial charge is 0.506 e. The van der Waals surface area contributed by atoms with Crippen molar-refractivity contribution < 1.29 is 47.9 Å². The quantitative estimate of drug-likeness (QED) is 0.230. The van der Waals surface area contributed by atoms with Gasteiger partial charge in [-0.3, -0.25) is 0 Å². The van der Waals surface area contributed by atoms with Gasteiger partial charge in [0.25, 0.3) is 0 Å². The van der Waals surface area contributed by atoms with Crippen molar-refractivity contribution in [3.05, 3.63) is 71.3 Å². The average Bonchev–Trinajstić information content (AvgIpc) is 3.47. The Hall–Kier alpha value is -5.12. The highest BCUT2D eigenvalue weighted by atomic mass is 16.7. The van der Waals surface area contributed by atoms with Crippen molar-refractivity contribution in [2.45, 2.75) is 20.5 Å². The molecule has 1 aliphatic rings. The Kier molecular flexibility index (Phi) is 8.24. The zero-order valence-electron chi connectivity index (χ0n) is 23.6. The van der Waals surface area contributed by atoms with E-state index >= 15 is 0 Å². The van der Waals surface area contributed by atoms with Crippen LogP contribution >= 0.6 is 0 Å². The van der Waals surface area contributed by atoms with Crippen LogP contribution in [0.5, 0.6) is 34.5 Å². The van der Waals surface area contributed by atoms with Crippen LogP contribution in [0.15, 0.2) is 54.6 Å². The zero-order chi connectivity index (χ0) is 29.8. The summed E-state index contributed by atoms with van der Waals surface area (Å²) in [7, 11) is 2.92. The highest BCUT2D eigenvalue weighted by Crippen LogP contribution is 2.50. The van der Waals surface area contributed by atoms with E-state index in [0.29, 0.717) is 39.7 Å². The van der Waals surface area contributed by atoms with Gasteiger partial charge < -0.3 is 38.3 Å². The van der Waals surface area contributed by atoms with Crippen LogP contribution in [0.2, 0.25) is 0 Å². The van der Waals surface area contributed by atoms with Crippen LogP contribution < -0.4 is 23.7 Å². The molecule has 0 amide bonds. The Morgan fingerprint density at radius 2 is 1.38 bits per heavy atom. The van der Waals surface area contributed by atoms with Gasteiger partial charge in [-0.2, -0.15) is 0 Å². The Morgan fingerprint density at radius 1 is 0.786 bits per heavy atom. The molecule has 0 aliphatic carbocycles. The van der Waals surface area contributed by atoms with E-state index in [2.05, 4.69) is 0 Å². The summed E-state index contributed by atoms with van der Waals surface area (Å²) < 4.78 is 39.3. The van der Waals surface area contributed by atoms with Gasteiger partial charge in [-0.15, -0.1) is 0 Å². The van der Waals surface area contributed by atoms with Crippen molar-refractivity contribution in [1.82, 2.24) is 0 Å². The van der Waals surface area contributed by atoms with E-state index in [-0.39, 0.29) is 48.7 Å². The minimum atomic E-state index is -0.900. The third-order valence-corrected chi connectivity index (χ3v) is 6.73. The number of hydrogen-bond acceptors (Lipinski definition) is 10. The highest BCUT2D eigenvalue weighted by Gasteiger charge is 2.34. The van der Waals surface area contributed by atoms with Gasteiger partial charge in [0, 0.05) is 22.6 Å². The van der Waals surface area contributed by atoms with Crippen LogP contribution in [-0.2, 0) is 16.1 Å². The number of phenolic OH excluding ortho intramolecular Hbond substituents is 1. The van der Waals surface area contributed by atoms with Crippen LogP contribution in [0, 0.1) is 0 Å². The summed E-state index contributed by atoms with van der Waals surface area (Å²) in [5.74, 6) is -0.377. The molecule has 0 unspecified atom stereocenters. The van der Waals surface area contributed by atoms with Gasteiger partial charge in [0.1, 0.15) is 23.7 Å².